The number of likely N-dealkylation sites (N-methyl/N-ethyl adjacent to an activating group) is 1. The van der Waals surface area contributed by atoms with E-state index in [9.17, 15) is 14.4 Å². The molecule has 6 nitrogen and oxygen atoms in total. The third-order valence-electron chi connectivity index (χ3n) is 3.37. The lowest BCUT2D eigenvalue weighted by molar-refractivity contribution is -0.146. The maximum absolute atomic E-state index is 12.0. The summed E-state index contributed by atoms with van der Waals surface area (Å²) in [6.45, 7) is 2.27. The van der Waals surface area contributed by atoms with E-state index in [1.807, 2.05) is 0 Å². The van der Waals surface area contributed by atoms with Crippen LogP contribution in [0.25, 0.3) is 0 Å². The largest absolute Gasteiger partial charge is 0.365 e. The van der Waals surface area contributed by atoms with Gasteiger partial charge in [0.15, 0.2) is 5.78 Å². The van der Waals surface area contributed by atoms with Crippen molar-refractivity contribution in [3.63, 3.8) is 0 Å². The first kappa shape index (κ1) is 15.2. The van der Waals surface area contributed by atoms with Crippen molar-refractivity contribution in [2.75, 3.05) is 26.7 Å². The smallest absolute Gasteiger partial charge is 0.251 e. The number of rotatable bonds is 4. The summed E-state index contributed by atoms with van der Waals surface area (Å²) in [6, 6.07) is 6.56. The number of ketones is 1. The normalized spacial score (nSPS) is 18.5. The Morgan fingerprint density at radius 2 is 2.10 bits per heavy atom. The van der Waals surface area contributed by atoms with Gasteiger partial charge < -0.3 is 15.0 Å². The quantitative estimate of drug-likeness (QED) is 0.818. The topological polar surface area (TPSA) is 75.7 Å². The van der Waals surface area contributed by atoms with E-state index in [1.54, 1.807) is 36.2 Å². The highest BCUT2D eigenvalue weighted by Gasteiger charge is 2.23. The summed E-state index contributed by atoms with van der Waals surface area (Å²) < 4.78 is 5.35. The third-order valence-corrected chi connectivity index (χ3v) is 3.37. The van der Waals surface area contributed by atoms with Crippen molar-refractivity contribution in [1.29, 1.82) is 0 Å². The Balaban J connectivity index is 1.91. The molecule has 1 heterocycles. The predicted molar refractivity (Wildman–Crippen MR) is 76.2 cm³/mol. The zero-order valence-electron chi connectivity index (χ0n) is 12.1. The Kier molecular flexibility index (Phi) is 4.70. The molecule has 1 atom stereocenters. The standard InChI is InChI=1S/C15H18N2O4/c1-10(18)11-4-3-5-12(6-11)15(20)16-7-13-8-17(2)14(19)9-21-13/h3-6,13H,7-9H2,1-2H3,(H,16,20)/t13-/m0/s1. The van der Waals surface area contributed by atoms with Crippen LogP contribution in [0.2, 0.25) is 0 Å². The number of carbonyl (C=O) groups is 3. The van der Waals surface area contributed by atoms with Gasteiger partial charge in [-0.3, -0.25) is 14.4 Å². The number of hydrogen-bond donors (Lipinski definition) is 1. The molecular weight excluding hydrogens is 272 g/mol. The van der Waals surface area contributed by atoms with Crippen molar-refractivity contribution in [3.05, 3.63) is 35.4 Å². The second-order valence-corrected chi connectivity index (χ2v) is 5.05. The van der Waals surface area contributed by atoms with Crippen LogP contribution < -0.4 is 5.32 Å². The van der Waals surface area contributed by atoms with E-state index in [4.69, 9.17) is 4.74 Å². The van der Waals surface area contributed by atoms with Crippen LogP contribution >= 0.6 is 0 Å². The second-order valence-electron chi connectivity index (χ2n) is 5.05. The highest BCUT2D eigenvalue weighted by Crippen LogP contribution is 2.07. The van der Waals surface area contributed by atoms with E-state index in [-0.39, 0.29) is 30.3 Å². The molecule has 1 N–H and O–H groups in total. The molecule has 1 aliphatic heterocycles. The Morgan fingerprint density at radius 3 is 2.76 bits per heavy atom. The van der Waals surface area contributed by atoms with Gasteiger partial charge in [0.1, 0.15) is 6.61 Å². The predicted octanol–water partition coefficient (Wildman–Crippen LogP) is 0.476. The van der Waals surface area contributed by atoms with Crippen molar-refractivity contribution in [3.8, 4) is 0 Å². The van der Waals surface area contributed by atoms with Gasteiger partial charge in [0.25, 0.3) is 5.91 Å². The molecule has 1 aromatic rings. The Bertz CT molecular complexity index is 571. The fourth-order valence-electron chi connectivity index (χ4n) is 2.07. The van der Waals surface area contributed by atoms with E-state index >= 15 is 0 Å². The van der Waals surface area contributed by atoms with E-state index in [2.05, 4.69) is 5.32 Å². The number of nitrogens with zero attached hydrogens (tertiary/aromatic N) is 1. The maximum atomic E-state index is 12.0. The minimum Gasteiger partial charge on any atom is -0.365 e. The summed E-state index contributed by atoms with van der Waals surface area (Å²) in [5.41, 5.74) is 0.935. The van der Waals surface area contributed by atoms with Gasteiger partial charge >= 0.3 is 0 Å². The number of ether oxygens (including phenoxy) is 1. The van der Waals surface area contributed by atoms with Crippen LogP contribution in [0.4, 0.5) is 0 Å². The molecule has 0 bridgehead atoms. The average Bonchev–Trinajstić information content (AvgIpc) is 2.48. The van der Waals surface area contributed by atoms with Crippen LogP contribution in [0.1, 0.15) is 27.6 Å². The number of amides is 2. The number of benzene rings is 1. The molecule has 0 saturated carbocycles. The van der Waals surface area contributed by atoms with Crippen LogP contribution in [0.5, 0.6) is 0 Å². The maximum Gasteiger partial charge on any atom is 0.251 e. The van der Waals surface area contributed by atoms with Gasteiger partial charge in [-0.05, 0) is 19.1 Å². The third kappa shape index (κ3) is 3.88. The molecule has 1 saturated heterocycles. The van der Waals surface area contributed by atoms with Crippen molar-refractivity contribution < 1.29 is 19.1 Å². The Hall–Kier alpha value is -2.21. The fourth-order valence-corrected chi connectivity index (χ4v) is 2.07. The van der Waals surface area contributed by atoms with Gasteiger partial charge in [-0.25, -0.2) is 0 Å². The summed E-state index contributed by atoms with van der Waals surface area (Å²) in [4.78, 5) is 36.2. The SMILES string of the molecule is CC(=O)c1cccc(C(=O)NC[C@H]2CN(C)C(=O)CO2)c1. The van der Waals surface area contributed by atoms with Gasteiger partial charge in [-0.2, -0.15) is 0 Å². The molecule has 1 fully saturated rings. The number of hydrogen-bond acceptors (Lipinski definition) is 4. The van der Waals surface area contributed by atoms with Gasteiger partial charge in [0.2, 0.25) is 5.91 Å². The Labute approximate surface area is 123 Å². The Morgan fingerprint density at radius 1 is 1.38 bits per heavy atom. The molecule has 0 unspecified atom stereocenters. The number of nitrogens with one attached hydrogen (secondary N) is 1. The minimum atomic E-state index is -0.263. The van der Waals surface area contributed by atoms with Crippen molar-refractivity contribution in [2.45, 2.75) is 13.0 Å². The molecule has 1 aliphatic rings. The van der Waals surface area contributed by atoms with E-state index < -0.39 is 0 Å². The lowest BCUT2D eigenvalue weighted by Crippen LogP contribution is -2.48. The monoisotopic (exact) mass is 290 g/mol. The number of carbonyl (C=O) groups excluding carboxylic acids is 3. The molecule has 0 spiro atoms. The van der Waals surface area contributed by atoms with Crippen molar-refractivity contribution in [2.24, 2.45) is 0 Å². The minimum absolute atomic E-state index is 0.0386. The van der Waals surface area contributed by atoms with Crippen LogP contribution in [0.15, 0.2) is 24.3 Å². The molecule has 6 heteroatoms. The molecule has 0 radical (unpaired) electrons. The first-order chi connectivity index (χ1) is 9.97. The first-order valence-electron chi connectivity index (χ1n) is 6.72. The molecule has 2 amide bonds. The molecule has 2 rings (SSSR count). The summed E-state index contributed by atoms with van der Waals surface area (Å²) in [5, 5.41) is 2.76. The fraction of sp³-hybridized carbons (Fsp3) is 0.400. The van der Waals surface area contributed by atoms with Crippen LogP contribution in [-0.2, 0) is 9.53 Å². The summed E-state index contributed by atoms with van der Waals surface area (Å²) >= 11 is 0. The molecule has 112 valence electrons. The second kappa shape index (κ2) is 6.49. The van der Waals surface area contributed by atoms with Crippen molar-refractivity contribution >= 4 is 17.6 Å². The van der Waals surface area contributed by atoms with Crippen LogP contribution in [0.3, 0.4) is 0 Å². The average molecular weight is 290 g/mol. The summed E-state index contributed by atoms with van der Waals surface area (Å²) in [7, 11) is 1.70. The van der Waals surface area contributed by atoms with Gasteiger partial charge in [0, 0.05) is 31.3 Å². The number of morpholine rings is 1. The van der Waals surface area contributed by atoms with Gasteiger partial charge in [0.05, 0.1) is 6.10 Å². The molecular formula is C15H18N2O4. The highest BCUT2D eigenvalue weighted by atomic mass is 16.5. The van der Waals surface area contributed by atoms with Crippen LogP contribution in [-0.4, -0.2) is 55.3 Å². The van der Waals surface area contributed by atoms with E-state index in [0.717, 1.165) is 0 Å². The first-order valence-corrected chi connectivity index (χ1v) is 6.72. The van der Waals surface area contributed by atoms with Crippen LogP contribution in [0, 0.1) is 0 Å². The zero-order valence-corrected chi connectivity index (χ0v) is 12.1. The molecule has 0 aliphatic carbocycles. The molecule has 21 heavy (non-hydrogen) atoms. The molecule has 0 aromatic heterocycles. The summed E-state index contributed by atoms with van der Waals surface area (Å²) in [6.07, 6.45) is -0.215. The summed E-state index contributed by atoms with van der Waals surface area (Å²) in [5.74, 6) is -0.409. The highest BCUT2D eigenvalue weighted by molar-refractivity contribution is 5.99. The van der Waals surface area contributed by atoms with Gasteiger partial charge in [-0.1, -0.05) is 12.1 Å². The van der Waals surface area contributed by atoms with Crippen molar-refractivity contribution in [1.82, 2.24) is 10.2 Å². The lowest BCUT2D eigenvalue weighted by atomic mass is 10.1. The lowest BCUT2D eigenvalue weighted by Gasteiger charge is -2.29. The number of Topliss-reactive ketones (excluding diaryl/α,β-unsaturated/α-hetero) is 1. The van der Waals surface area contributed by atoms with E-state index in [1.165, 1.54) is 6.92 Å². The van der Waals surface area contributed by atoms with Gasteiger partial charge in [-0.15, -0.1) is 0 Å². The zero-order chi connectivity index (χ0) is 15.4. The molecule has 1 aromatic carbocycles. The van der Waals surface area contributed by atoms with E-state index in [0.29, 0.717) is 24.2 Å².